The highest BCUT2D eigenvalue weighted by Crippen LogP contribution is 2.47. The van der Waals surface area contributed by atoms with E-state index < -0.39 is 15.1 Å². The molecule has 0 amide bonds. The van der Waals surface area contributed by atoms with Gasteiger partial charge < -0.3 is 25.6 Å². The SMILES string of the molecule is c1ccc(N(c2ccc(-c3ccc(N(c4ccccc4)c4cccc5ccccc45)cc3)cc2)c2cccc3ccccc23)cc1.c1ccc2cc(-c3c4ccccc4c(-c4ccc(-c5cn6ccccc6n5)cc4)c4ccccc34)ccc2c1.c1cnc2c([O][Al]([O]c3cccc4cccnc34)[O]c3cccc4cccnc34)cccc2c1. The fourth-order valence-corrected chi connectivity index (χ4v) is 17.6. The Morgan fingerprint density at radius 3 is 1.05 bits per heavy atom. The molecule has 11 heteroatoms. The van der Waals surface area contributed by atoms with Gasteiger partial charge in [0, 0.05) is 86.2 Å². The molecule has 0 saturated heterocycles. The first kappa shape index (κ1) is 72.5. The number of pyridine rings is 4. The van der Waals surface area contributed by atoms with Crippen molar-refractivity contribution in [3.05, 3.63) is 450 Å². The van der Waals surface area contributed by atoms with E-state index >= 15 is 0 Å². The van der Waals surface area contributed by atoms with Crippen LogP contribution in [-0.2, 0) is 0 Å². The summed E-state index contributed by atoms with van der Waals surface area (Å²) in [5.41, 5.74) is 19.5. The first-order valence-electron chi connectivity index (χ1n) is 39.9. The lowest BCUT2D eigenvalue weighted by molar-refractivity contribution is 0.311. The number of hydrogen-bond acceptors (Lipinski definition) is 9. The van der Waals surface area contributed by atoms with Gasteiger partial charge in [-0.3, -0.25) is 15.0 Å². The minimum atomic E-state index is -2.86. The van der Waals surface area contributed by atoms with Crippen molar-refractivity contribution < 1.29 is 11.4 Å². The smallest absolute Gasteiger partial charge is 0.576 e. The van der Waals surface area contributed by atoms with Crippen LogP contribution in [0.25, 0.3) is 137 Å². The second kappa shape index (κ2) is 32.8. The van der Waals surface area contributed by atoms with E-state index in [1.807, 2.05) is 115 Å². The van der Waals surface area contributed by atoms with Crippen LogP contribution in [0, 0.1) is 0 Å². The molecule has 562 valence electrons. The molecular weight excluding hydrogens is 1470 g/mol. The van der Waals surface area contributed by atoms with E-state index in [0.29, 0.717) is 17.2 Å². The van der Waals surface area contributed by atoms with Crippen LogP contribution in [-0.4, -0.2) is 39.5 Å². The molecular formula is C108H74AlN7O3. The van der Waals surface area contributed by atoms with E-state index in [1.54, 1.807) is 18.6 Å². The average Bonchev–Trinajstić information content (AvgIpc) is 0.877. The van der Waals surface area contributed by atoms with Crippen molar-refractivity contribution in [3.63, 3.8) is 0 Å². The molecule has 0 bridgehead atoms. The maximum absolute atomic E-state index is 6.41. The number of fused-ring (bicyclic) bond motifs is 9. The van der Waals surface area contributed by atoms with Crippen LogP contribution in [0.2, 0.25) is 0 Å². The molecule has 0 aliphatic carbocycles. The highest BCUT2D eigenvalue weighted by Gasteiger charge is 2.46. The summed E-state index contributed by atoms with van der Waals surface area (Å²) in [6, 6.07) is 146. The van der Waals surface area contributed by atoms with Crippen molar-refractivity contribution in [2.75, 3.05) is 9.80 Å². The molecule has 0 radical (unpaired) electrons. The fourth-order valence-electron chi connectivity index (χ4n) is 16.3. The Morgan fingerprint density at radius 2 is 0.588 bits per heavy atom. The summed E-state index contributed by atoms with van der Waals surface area (Å²) >= 11 is -2.86. The number of imidazole rings is 1. The molecule has 0 aliphatic heterocycles. The molecule has 10 nitrogen and oxygen atoms in total. The van der Waals surface area contributed by atoms with Gasteiger partial charge in [-0.25, -0.2) is 4.98 Å². The topological polar surface area (TPSA) is 90.1 Å². The van der Waals surface area contributed by atoms with Crippen LogP contribution in [0.5, 0.6) is 17.2 Å². The first-order chi connectivity index (χ1) is 59.0. The Kier molecular flexibility index (Phi) is 20.0. The van der Waals surface area contributed by atoms with E-state index in [0.717, 1.165) is 83.7 Å². The molecule has 17 aromatic carbocycles. The van der Waals surface area contributed by atoms with Crippen LogP contribution >= 0.6 is 0 Å². The molecule has 0 atom stereocenters. The number of hydrogen-bond donors (Lipinski definition) is 0. The van der Waals surface area contributed by atoms with Gasteiger partial charge >= 0.3 is 15.1 Å². The summed E-state index contributed by atoms with van der Waals surface area (Å²) in [5, 5.41) is 15.4. The van der Waals surface area contributed by atoms with Crippen molar-refractivity contribution in [1.82, 2.24) is 24.3 Å². The highest BCUT2D eigenvalue weighted by molar-refractivity contribution is 6.40. The second-order valence-corrected chi connectivity index (χ2v) is 30.4. The third kappa shape index (κ3) is 14.8. The van der Waals surface area contributed by atoms with Gasteiger partial charge in [0.15, 0.2) is 0 Å². The predicted octanol–water partition coefficient (Wildman–Crippen LogP) is 28.2. The van der Waals surface area contributed by atoms with Crippen molar-refractivity contribution in [2.24, 2.45) is 0 Å². The van der Waals surface area contributed by atoms with Gasteiger partial charge in [0.05, 0.1) is 17.1 Å². The lowest BCUT2D eigenvalue weighted by Gasteiger charge is -2.27. The molecule has 5 aromatic heterocycles. The Hall–Kier alpha value is -15.5. The van der Waals surface area contributed by atoms with E-state index in [2.05, 4.69) is 345 Å². The van der Waals surface area contributed by atoms with Gasteiger partial charge in [-0.05, 0) is 192 Å². The quantitative estimate of drug-likeness (QED) is 0.0693. The Labute approximate surface area is 693 Å². The molecule has 0 spiro atoms. The minimum Gasteiger partial charge on any atom is -0.576 e. The lowest BCUT2D eigenvalue weighted by Crippen LogP contribution is -2.37. The van der Waals surface area contributed by atoms with Crippen LogP contribution in [0.3, 0.4) is 0 Å². The van der Waals surface area contributed by atoms with Gasteiger partial charge in [0.1, 0.15) is 39.4 Å². The summed E-state index contributed by atoms with van der Waals surface area (Å²) < 4.78 is 21.3. The summed E-state index contributed by atoms with van der Waals surface area (Å²) in [7, 11) is 0. The largest absolute Gasteiger partial charge is 1.20 e. The van der Waals surface area contributed by atoms with Crippen molar-refractivity contribution in [1.29, 1.82) is 0 Å². The lowest BCUT2D eigenvalue weighted by atomic mass is 9.85. The van der Waals surface area contributed by atoms with E-state index in [-0.39, 0.29) is 0 Å². The second-order valence-electron chi connectivity index (χ2n) is 29.1. The zero-order valence-corrected chi connectivity index (χ0v) is 65.8. The zero-order valence-electron chi connectivity index (χ0n) is 64.7. The monoisotopic (exact) mass is 1540 g/mol. The third-order valence-electron chi connectivity index (χ3n) is 21.9. The van der Waals surface area contributed by atoms with Crippen LogP contribution in [0.1, 0.15) is 0 Å². The molecule has 5 heterocycles. The molecule has 22 rings (SSSR count). The van der Waals surface area contributed by atoms with Crippen LogP contribution < -0.4 is 21.2 Å². The number of nitrogens with zero attached hydrogens (tertiary/aromatic N) is 7. The third-order valence-corrected chi connectivity index (χ3v) is 23.2. The zero-order chi connectivity index (χ0) is 79.2. The Balaban J connectivity index is 0.000000116. The average molecular weight is 1540 g/mol. The molecule has 0 N–H and O–H groups in total. The maximum Gasteiger partial charge on any atom is 1.20 e. The summed E-state index contributed by atoms with van der Waals surface area (Å²) in [4.78, 5) is 23.0. The summed E-state index contributed by atoms with van der Waals surface area (Å²) in [6.45, 7) is 0. The Morgan fingerprint density at radius 1 is 0.244 bits per heavy atom. The van der Waals surface area contributed by atoms with E-state index in [1.165, 1.54) is 87.2 Å². The number of anilines is 6. The molecule has 0 saturated carbocycles. The molecule has 119 heavy (non-hydrogen) atoms. The number of para-hydroxylation sites is 5. The Bertz CT molecular complexity index is 6960. The van der Waals surface area contributed by atoms with Crippen molar-refractivity contribution >= 4 is 141 Å². The normalized spacial score (nSPS) is 11.2. The number of rotatable bonds is 16. The van der Waals surface area contributed by atoms with Gasteiger partial charge in [-0.1, -0.05) is 303 Å². The first-order valence-corrected chi connectivity index (χ1v) is 41.3. The fraction of sp³-hybridized carbons (Fsp3) is 0. The van der Waals surface area contributed by atoms with Crippen LogP contribution in [0.15, 0.2) is 450 Å². The summed E-state index contributed by atoms with van der Waals surface area (Å²) in [5.74, 6) is 1.82. The van der Waals surface area contributed by atoms with Gasteiger partial charge in [0.25, 0.3) is 0 Å². The van der Waals surface area contributed by atoms with Crippen molar-refractivity contribution in [2.45, 2.75) is 0 Å². The van der Waals surface area contributed by atoms with Crippen LogP contribution in [0.4, 0.5) is 34.1 Å². The van der Waals surface area contributed by atoms with Gasteiger partial charge in [0.2, 0.25) is 0 Å². The standard InChI is InChI=1S/C44H32N2.C37H24N2.3C9H7NO.Al/c1-3-17-37(18-4-1)45(43-23-11-15-35-13-7-9-21-41(35)43)39-29-25-33(26-30-39)34-27-31-40(32-28-34)46(38-19-5-2-6-20-38)44-24-12-16-36-14-8-10-22-42(36)44;1-2-10-28-23-29(21-16-25(28)9-1)37-32-13-5-3-11-30(32)36(31-12-4-6-14-33(31)37)27-19-17-26(18-20-27)34-24-39-22-8-7-15-35(39)38-34;3*11-8-5-1-3-7-4-2-6-10-9(7)8;/h1-32H;1-24H;3*1-6,11H;/q;;;;;+3/p-3. The van der Waals surface area contributed by atoms with Gasteiger partial charge in [-0.2, -0.15) is 0 Å². The number of benzene rings is 17. The summed E-state index contributed by atoms with van der Waals surface area (Å²) in [6.07, 6.45) is 9.37. The number of aromatic nitrogens is 5. The highest BCUT2D eigenvalue weighted by atomic mass is 27.3. The van der Waals surface area contributed by atoms with Crippen molar-refractivity contribution in [3.8, 4) is 61.9 Å². The predicted molar refractivity (Wildman–Crippen MR) is 493 cm³/mol. The maximum atomic E-state index is 6.41. The molecule has 0 fully saturated rings. The minimum absolute atomic E-state index is 0.608. The molecule has 0 unspecified atom stereocenters. The van der Waals surface area contributed by atoms with E-state index in [9.17, 15) is 0 Å². The van der Waals surface area contributed by atoms with E-state index in [4.69, 9.17) is 16.3 Å². The van der Waals surface area contributed by atoms with Gasteiger partial charge in [-0.15, -0.1) is 0 Å². The molecule has 0 aliphatic rings. The molecule has 22 aromatic rings.